The van der Waals surface area contributed by atoms with Crippen LogP contribution < -0.4 is 20.3 Å². The molecule has 1 saturated carbocycles. The highest BCUT2D eigenvalue weighted by atomic mass is 35.5. The Labute approximate surface area is 303 Å². The van der Waals surface area contributed by atoms with Gasteiger partial charge < -0.3 is 44.3 Å². The van der Waals surface area contributed by atoms with E-state index in [0.717, 1.165) is 25.7 Å². The number of aliphatic carboxylic acids is 1. The summed E-state index contributed by atoms with van der Waals surface area (Å²) in [4.78, 5) is 41.4. The largest absolute Gasteiger partial charge is 0.490 e. The van der Waals surface area contributed by atoms with Gasteiger partial charge in [0.2, 0.25) is 11.6 Å². The van der Waals surface area contributed by atoms with Gasteiger partial charge in [0.1, 0.15) is 5.75 Å². The Morgan fingerprint density at radius 2 is 1.51 bits per heavy atom. The zero-order valence-electron chi connectivity index (χ0n) is 28.7. The minimum absolute atomic E-state index is 0.0111. The smallest absolute Gasteiger partial charge is 0.305 e. The number of carbonyl (C=O) groups excluding carboxylic acids is 2. The molecule has 1 aliphatic heterocycles. The Morgan fingerprint density at radius 1 is 0.863 bits per heavy atom. The quantitative estimate of drug-likeness (QED) is 0.126. The number of ether oxygens (including phenoxy) is 5. The number of nitrogens with zero attached hydrogens (tertiary/aromatic N) is 4. The van der Waals surface area contributed by atoms with E-state index in [1.54, 1.807) is 30.3 Å². The predicted octanol–water partition coefficient (Wildman–Crippen LogP) is 3.67. The van der Waals surface area contributed by atoms with Gasteiger partial charge in [0, 0.05) is 31.6 Å². The zero-order chi connectivity index (χ0) is 36.3. The summed E-state index contributed by atoms with van der Waals surface area (Å²) >= 11 is 6.12. The standard InChI is InChI=1S/C35H47ClN6O9/c1-37-30-7-6-28(24-29(30)36)51-27-4-2-26(3-5-27)39-35(46)31-8-9-32(41-40-31)42-14-10-25(11-15-42)34(45)38-13-17-48-19-21-50-23-22-49-20-18-47-16-12-33(43)44/h6-9,24-27H,2-5,10-23H2,(H,38,45)(H,39,46)(H,43,44). The molecule has 2 aromatic rings. The molecule has 51 heavy (non-hydrogen) atoms. The fourth-order valence-electron chi connectivity index (χ4n) is 5.73. The van der Waals surface area contributed by atoms with Crippen molar-refractivity contribution in [3.05, 3.63) is 52.5 Å². The summed E-state index contributed by atoms with van der Waals surface area (Å²) < 4.78 is 27.5. The van der Waals surface area contributed by atoms with Crippen LogP contribution in [0.15, 0.2) is 30.3 Å². The van der Waals surface area contributed by atoms with E-state index in [4.69, 9.17) is 47.0 Å². The first kappa shape index (κ1) is 39.7. The fraction of sp³-hybridized carbons (Fsp3) is 0.600. The Balaban J connectivity index is 1.01. The van der Waals surface area contributed by atoms with Crippen LogP contribution in [0.3, 0.4) is 0 Å². The molecule has 3 N–H and O–H groups in total. The lowest BCUT2D eigenvalue weighted by atomic mass is 9.93. The van der Waals surface area contributed by atoms with Crippen LogP contribution >= 0.6 is 11.6 Å². The average Bonchev–Trinajstić information content (AvgIpc) is 3.14. The number of carboxylic acids is 1. The van der Waals surface area contributed by atoms with Gasteiger partial charge in [-0.1, -0.05) is 17.7 Å². The number of amides is 2. The number of anilines is 1. The van der Waals surface area contributed by atoms with Gasteiger partial charge in [0.05, 0.1) is 77.0 Å². The van der Waals surface area contributed by atoms with E-state index in [0.29, 0.717) is 101 Å². The molecule has 278 valence electrons. The minimum Gasteiger partial charge on any atom is -0.490 e. The van der Waals surface area contributed by atoms with Crippen molar-refractivity contribution >= 4 is 40.9 Å². The molecule has 0 atom stereocenters. The third kappa shape index (κ3) is 14.2. The molecule has 1 aromatic carbocycles. The lowest BCUT2D eigenvalue weighted by Crippen LogP contribution is -2.42. The van der Waals surface area contributed by atoms with Gasteiger partial charge in [-0.25, -0.2) is 4.85 Å². The first-order valence-corrected chi connectivity index (χ1v) is 17.7. The van der Waals surface area contributed by atoms with Crippen molar-refractivity contribution in [2.75, 3.05) is 77.4 Å². The van der Waals surface area contributed by atoms with Crippen LogP contribution in [0, 0.1) is 12.5 Å². The van der Waals surface area contributed by atoms with E-state index in [-0.39, 0.29) is 48.6 Å². The number of hydrogen-bond acceptors (Lipinski definition) is 11. The molecule has 1 aromatic heterocycles. The van der Waals surface area contributed by atoms with E-state index in [2.05, 4.69) is 30.6 Å². The molecule has 2 heterocycles. The molecule has 1 aliphatic carbocycles. The average molecular weight is 731 g/mol. The summed E-state index contributed by atoms with van der Waals surface area (Å²) in [7, 11) is 0. The predicted molar refractivity (Wildman–Crippen MR) is 187 cm³/mol. The highest BCUT2D eigenvalue weighted by molar-refractivity contribution is 6.33. The van der Waals surface area contributed by atoms with E-state index in [9.17, 15) is 14.4 Å². The van der Waals surface area contributed by atoms with Gasteiger partial charge in [-0.2, -0.15) is 0 Å². The van der Waals surface area contributed by atoms with Crippen LogP contribution in [-0.2, 0) is 28.5 Å². The van der Waals surface area contributed by atoms with Gasteiger partial charge in [-0.15, -0.1) is 10.2 Å². The summed E-state index contributed by atoms with van der Waals surface area (Å²) in [5.41, 5.74) is 0.657. The van der Waals surface area contributed by atoms with Crippen molar-refractivity contribution in [1.29, 1.82) is 0 Å². The van der Waals surface area contributed by atoms with Gasteiger partial charge in [0.25, 0.3) is 5.91 Å². The second kappa shape index (κ2) is 22.0. The molecule has 0 unspecified atom stereocenters. The molecule has 0 spiro atoms. The molecule has 16 heteroatoms. The summed E-state index contributed by atoms with van der Waals surface area (Å²) in [6.45, 7) is 11.8. The molecular formula is C35H47ClN6O9. The van der Waals surface area contributed by atoms with Crippen molar-refractivity contribution in [2.45, 2.75) is 57.1 Å². The maximum absolute atomic E-state index is 12.9. The fourth-order valence-corrected chi connectivity index (χ4v) is 5.94. The Kier molecular flexibility index (Phi) is 17.1. The van der Waals surface area contributed by atoms with E-state index >= 15 is 0 Å². The zero-order valence-corrected chi connectivity index (χ0v) is 29.5. The molecule has 2 fully saturated rings. The van der Waals surface area contributed by atoms with Gasteiger partial charge in [0.15, 0.2) is 11.5 Å². The van der Waals surface area contributed by atoms with Gasteiger partial charge in [-0.3, -0.25) is 14.4 Å². The maximum atomic E-state index is 12.9. The third-order valence-corrected chi connectivity index (χ3v) is 8.85. The number of rotatable bonds is 21. The molecule has 15 nitrogen and oxygen atoms in total. The van der Waals surface area contributed by atoms with E-state index < -0.39 is 5.97 Å². The van der Waals surface area contributed by atoms with Crippen molar-refractivity contribution < 1.29 is 43.2 Å². The van der Waals surface area contributed by atoms with Crippen LogP contribution in [0.4, 0.5) is 11.5 Å². The van der Waals surface area contributed by atoms with Gasteiger partial charge >= 0.3 is 5.97 Å². The Morgan fingerprint density at radius 3 is 2.10 bits per heavy atom. The number of piperidine rings is 1. The normalized spacial score (nSPS) is 17.8. The highest BCUT2D eigenvalue weighted by Gasteiger charge is 2.27. The Bertz CT molecular complexity index is 1430. The van der Waals surface area contributed by atoms with Crippen LogP contribution in [0.2, 0.25) is 5.02 Å². The molecule has 0 radical (unpaired) electrons. The minimum atomic E-state index is -0.889. The summed E-state index contributed by atoms with van der Waals surface area (Å²) in [6, 6.07) is 8.58. The first-order chi connectivity index (χ1) is 24.8. The number of carboxylic acid groups (broad SMARTS) is 1. The van der Waals surface area contributed by atoms with Crippen molar-refractivity contribution in [1.82, 2.24) is 20.8 Å². The molecular weight excluding hydrogens is 684 g/mol. The summed E-state index contributed by atoms with van der Waals surface area (Å²) in [5.74, 6) is 0.0918. The maximum Gasteiger partial charge on any atom is 0.305 e. The lowest BCUT2D eigenvalue weighted by Gasteiger charge is -2.32. The van der Waals surface area contributed by atoms with Crippen molar-refractivity contribution in [3.8, 4) is 5.75 Å². The van der Waals surface area contributed by atoms with Crippen molar-refractivity contribution in [2.24, 2.45) is 5.92 Å². The molecule has 0 bridgehead atoms. The van der Waals surface area contributed by atoms with E-state index in [1.807, 2.05) is 0 Å². The first-order valence-electron chi connectivity index (χ1n) is 17.4. The van der Waals surface area contributed by atoms with E-state index in [1.165, 1.54) is 0 Å². The Hall–Kier alpha value is -4.07. The molecule has 2 amide bonds. The second-order valence-corrected chi connectivity index (χ2v) is 12.6. The van der Waals surface area contributed by atoms with Crippen LogP contribution in [0.25, 0.3) is 4.85 Å². The van der Waals surface area contributed by atoms with Crippen LogP contribution in [0.1, 0.15) is 55.4 Å². The second-order valence-electron chi connectivity index (χ2n) is 12.2. The topological polar surface area (TPSA) is 175 Å². The lowest BCUT2D eigenvalue weighted by molar-refractivity contribution is -0.138. The number of halogens is 1. The number of aromatic nitrogens is 2. The van der Waals surface area contributed by atoms with Crippen LogP contribution in [0.5, 0.6) is 5.75 Å². The molecule has 2 aliphatic rings. The number of carbonyl (C=O) groups is 3. The third-order valence-electron chi connectivity index (χ3n) is 8.55. The van der Waals surface area contributed by atoms with Crippen molar-refractivity contribution in [3.63, 3.8) is 0 Å². The number of hydrogen-bond donors (Lipinski definition) is 3. The monoisotopic (exact) mass is 730 g/mol. The number of nitrogens with one attached hydrogen (secondary N) is 2. The molecule has 4 rings (SSSR count). The molecule has 1 saturated heterocycles. The summed E-state index contributed by atoms with van der Waals surface area (Å²) in [6.07, 6.45) is 4.49. The highest BCUT2D eigenvalue weighted by Crippen LogP contribution is 2.31. The SMILES string of the molecule is [C-]#[N+]c1ccc(OC2CCC(NC(=O)c3ccc(N4CCC(C(=O)NCCOCCOCCOCCOCCC(=O)O)CC4)nn3)CC2)cc1Cl. The number of benzene rings is 1. The van der Waals surface area contributed by atoms with Crippen LogP contribution in [-0.4, -0.2) is 118 Å². The summed E-state index contributed by atoms with van der Waals surface area (Å²) in [5, 5.41) is 23.4. The van der Waals surface area contributed by atoms with Gasteiger partial charge in [-0.05, 0) is 62.8 Å².